The average molecular weight is 1820 g/mol. The standard InChI is InChI=1S/C23H37BrO2.C23H38O2.C22H35BrO.C22H36O2.C22H36O/c1-15(13-24)20-6-7-21-19-5-4-16-12-23(25,14-26-3)11-9-17(16)18(19)8-10-22(20,21)2;1-15(2)20-7-8-21-19-6-5-16-13-23(24,14-25-4)12-10-17(16)18(19)9-11-22(20,21)3;2*1-14(13-23)19-6-7-20-18-5-4-15-12-21(2,24)10-8-16(15)17(18)9-11-22(19,20)3;1-14(2)19-7-8-20-18-6-5-15-13-21(3,23)11-9-16(15)17(18)10-12-22(19,20)4/h16-21,25H,1,4-14H2,2-3H3;16-21,24H,1,5-14H2,2-4H3;15-20,24H,1,4-13H2,2-3H3;15-20,23-24H,1,4-13H2,2-3H3;15-20,23H,1,5-13H2,2-4H3/t2*16-,17-,18+,19+,20+,21-,22+,23-;3*15-,16-,17+,18+,19+,20-,21-,22+/m00000/s1. The fourth-order valence-corrected chi connectivity index (χ4v) is 40.7. The van der Waals surface area contributed by atoms with Crippen LogP contribution in [0.4, 0.5) is 0 Å². The van der Waals surface area contributed by atoms with Crippen molar-refractivity contribution < 1.29 is 40.1 Å². The lowest BCUT2D eigenvalue weighted by Crippen LogP contribution is -2.52. The molecule has 10 heteroatoms. The van der Waals surface area contributed by atoms with Gasteiger partial charge in [0.1, 0.15) is 0 Å². The van der Waals surface area contributed by atoms with Crippen molar-refractivity contribution in [2.75, 3.05) is 44.7 Å². The second-order valence-electron chi connectivity index (χ2n) is 51.2. The Kier molecular flexibility index (Phi) is 28.4. The first-order valence-corrected chi connectivity index (χ1v) is 54.7. The van der Waals surface area contributed by atoms with Crippen LogP contribution in [0.1, 0.15) is 358 Å². The van der Waals surface area contributed by atoms with E-state index in [1.165, 1.54) is 247 Å². The molecule has 0 unspecified atom stereocenters. The Morgan fingerprint density at radius 3 is 0.730 bits per heavy atom. The van der Waals surface area contributed by atoms with Gasteiger partial charge in [0.05, 0.1) is 47.8 Å². The van der Waals surface area contributed by atoms with E-state index in [0.717, 1.165) is 252 Å². The Hall–Kier alpha value is -0.660. The van der Waals surface area contributed by atoms with Gasteiger partial charge in [0, 0.05) is 24.9 Å². The van der Waals surface area contributed by atoms with E-state index in [-0.39, 0.29) is 17.8 Å². The first-order chi connectivity index (χ1) is 57.8. The molecule has 40 atom stereocenters. The van der Waals surface area contributed by atoms with Gasteiger partial charge in [-0.15, -0.1) is 0 Å². The fraction of sp³-hybridized carbons (Fsp3) is 0.911. The molecule has 8 nitrogen and oxygen atoms in total. The van der Waals surface area contributed by atoms with Crippen LogP contribution < -0.4 is 0 Å². The second kappa shape index (κ2) is 36.6. The highest BCUT2D eigenvalue weighted by Gasteiger charge is 2.65. The molecule has 20 rings (SSSR count). The zero-order valence-corrected chi connectivity index (χ0v) is 83.1. The van der Waals surface area contributed by atoms with Crippen molar-refractivity contribution in [2.24, 2.45) is 205 Å². The van der Waals surface area contributed by atoms with E-state index in [0.29, 0.717) is 46.2 Å². The van der Waals surface area contributed by atoms with Crippen LogP contribution in [0, 0.1) is 205 Å². The maximum Gasteiger partial charge on any atom is 0.0882 e. The summed E-state index contributed by atoms with van der Waals surface area (Å²) in [6.07, 6.45) is 58.0. The molecule has 0 spiro atoms. The monoisotopic (exact) mass is 1810 g/mol. The molecular weight excluding hydrogens is 1630 g/mol. The summed E-state index contributed by atoms with van der Waals surface area (Å²) < 4.78 is 10.6. The Morgan fingerprint density at radius 1 is 0.270 bits per heavy atom. The minimum atomic E-state index is -0.558. The van der Waals surface area contributed by atoms with E-state index in [4.69, 9.17) is 9.47 Å². The topological polar surface area (TPSA) is 140 Å². The van der Waals surface area contributed by atoms with Crippen molar-refractivity contribution in [3.05, 3.63) is 60.8 Å². The smallest absolute Gasteiger partial charge is 0.0882 e. The lowest BCUT2D eigenvalue weighted by atomic mass is 9.49. The molecule has 0 saturated heterocycles. The van der Waals surface area contributed by atoms with E-state index >= 15 is 0 Å². The molecular formula is C112H182Br2O8. The molecule has 0 aromatic heterocycles. The van der Waals surface area contributed by atoms with Gasteiger partial charge in [-0.3, -0.25) is 0 Å². The Balaban J connectivity index is 0.000000113. The molecule has 0 aromatic rings. The Labute approximate surface area is 762 Å². The zero-order chi connectivity index (χ0) is 87.0. The largest absolute Gasteiger partial charge is 0.392 e. The summed E-state index contributed by atoms with van der Waals surface area (Å²) in [5.74, 6) is 25.7. The molecule has 0 aromatic carbocycles. The third kappa shape index (κ3) is 17.6. The number of fused-ring (bicyclic) bond motifs is 25. The Bertz CT molecular complexity index is 3580. The van der Waals surface area contributed by atoms with Crippen LogP contribution in [0.3, 0.4) is 0 Å². The summed E-state index contributed by atoms with van der Waals surface area (Å²) in [7, 11) is 3.45. The SMILES string of the molecule is C=C(C)[C@H]1CC[C@H]2[C@@H]3CC[C@H]4C[C@@](C)(O)CC[C@@H]4[C@H]3CC[C@]12C.C=C(C)[C@H]1CC[C@H]2[C@@H]3CC[C@H]4C[C@](O)(COC)CC[C@@H]4[C@H]3CC[C@]12C.C=C(CBr)[C@H]1CC[C@H]2[C@@H]3CC[C@H]4C[C@@](C)(O)CC[C@@H]4[C@H]3CC[C@]12C.C=C(CBr)[C@H]1CC[C@H]2[C@@H]3CC[C@H]4C[C@](O)(COC)CC[C@@H]4[C@H]3CC[C@]12C.C=C(CO)[C@H]1CC[C@H]2[C@@H]3CC[C@H]4C[C@@](C)(O)CC[C@@H]4[C@H]3CC[C@]12C. The summed E-state index contributed by atoms with van der Waals surface area (Å²) in [5.41, 5.74) is 7.00. The summed E-state index contributed by atoms with van der Waals surface area (Å²) in [5, 5.41) is 64.8. The lowest BCUT2D eigenvalue weighted by Gasteiger charge is -2.57. The van der Waals surface area contributed by atoms with Crippen LogP contribution in [-0.4, -0.2) is 103 Å². The summed E-state index contributed by atoms with van der Waals surface area (Å²) in [6, 6.07) is 0. The average Bonchev–Trinajstić information content (AvgIpc) is 1.52. The van der Waals surface area contributed by atoms with Gasteiger partial charge in [0.15, 0.2) is 0 Å². The van der Waals surface area contributed by atoms with E-state index in [2.05, 4.69) is 134 Å². The van der Waals surface area contributed by atoms with Crippen molar-refractivity contribution in [1.82, 2.24) is 0 Å². The molecule has 20 aliphatic carbocycles. The van der Waals surface area contributed by atoms with Gasteiger partial charge in [0.25, 0.3) is 0 Å². The summed E-state index contributed by atoms with van der Waals surface area (Å²) in [6.45, 7) is 46.5. The number of hydrogen-bond donors (Lipinski definition) is 6. The fourth-order valence-electron chi connectivity index (χ4n) is 39.9. The highest BCUT2D eigenvalue weighted by atomic mass is 79.9. The highest BCUT2D eigenvalue weighted by Crippen LogP contribution is 2.73. The predicted octanol–water partition coefficient (Wildman–Crippen LogP) is 26.9. The minimum absolute atomic E-state index is 0.168. The van der Waals surface area contributed by atoms with Crippen molar-refractivity contribution in [1.29, 1.82) is 0 Å². The molecule has 20 aliphatic rings. The highest BCUT2D eigenvalue weighted by molar-refractivity contribution is 9.09. The van der Waals surface area contributed by atoms with E-state index in [1.807, 2.05) is 0 Å². The lowest BCUT2D eigenvalue weighted by molar-refractivity contribution is -0.123. The van der Waals surface area contributed by atoms with Crippen LogP contribution in [0.25, 0.3) is 0 Å². The third-order valence-corrected chi connectivity index (χ3v) is 46.4. The van der Waals surface area contributed by atoms with Gasteiger partial charge < -0.3 is 40.1 Å². The number of allylic oxidation sites excluding steroid dienone is 4. The molecule has 0 radical (unpaired) electrons. The molecule has 0 aliphatic heterocycles. The van der Waals surface area contributed by atoms with Crippen LogP contribution >= 0.6 is 31.9 Å². The predicted molar refractivity (Wildman–Crippen MR) is 510 cm³/mol. The molecule has 122 heavy (non-hydrogen) atoms. The molecule has 0 amide bonds. The van der Waals surface area contributed by atoms with Crippen LogP contribution in [-0.2, 0) is 9.47 Å². The van der Waals surface area contributed by atoms with E-state index < -0.39 is 16.8 Å². The summed E-state index contributed by atoms with van der Waals surface area (Å²) in [4.78, 5) is 0. The number of halogens is 2. The van der Waals surface area contributed by atoms with E-state index in [9.17, 15) is 30.6 Å². The van der Waals surface area contributed by atoms with Crippen LogP contribution in [0.2, 0.25) is 0 Å². The third-order valence-electron chi connectivity index (χ3n) is 45.0. The van der Waals surface area contributed by atoms with Gasteiger partial charge in [-0.05, 0) is 534 Å². The van der Waals surface area contributed by atoms with Crippen molar-refractivity contribution in [3.63, 3.8) is 0 Å². The number of aliphatic hydroxyl groups is 6. The summed E-state index contributed by atoms with van der Waals surface area (Å²) >= 11 is 7.34. The number of hydrogen-bond acceptors (Lipinski definition) is 8. The van der Waals surface area contributed by atoms with Crippen LogP contribution in [0.15, 0.2) is 60.8 Å². The number of methoxy groups -OCH3 is 2. The van der Waals surface area contributed by atoms with Gasteiger partial charge >= 0.3 is 0 Å². The molecule has 20 saturated carbocycles. The van der Waals surface area contributed by atoms with Crippen LogP contribution in [0.5, 0.6) is 0 Å². The normalized spacial score (nSPS) is 53.1. The molecule has 6 N–H and O–H groups in total. The van der Waals surface area contributed by atoms with Gasteiger partial charge in [-0.2, -0.15) is 0 Å². The Morgan fingerprint density at radius 2 is 0.492 bits per heavy atom. The van der Waals surface area contributed by atoms with E-state index in [1.54, 1.807) is 14.2 Å². The molecule has 20 fully saturated rings. The second-order valence-corrected chi connectivity index (χ2v) is 52.3. The van der Waals surface area contributed by atoms with Gasteiger partial charge in [0.2, 0.25) is 0 Å². The number of aliphatic hydroxyl groups excluding tert-OH is 1. The van der Waals surface area contributed by atoms with Crippen molar-refractivity contribution in [2.45, 2.75) is 386 Å². The molecule has 0 heterocycles. The minimum Gasteiger partial charge on any atom is -0.392 e. The maximum atomic E-state index is 10.9. The zero-order valence-electron chi connectivity index (χ0n) is 80.0. The van der Waals surface area contributed by atoms with Gasteiger partial charge in [-0.25, -0.2) is 0 Å². The first-order valence-electron chi connectivity index (χ1n) is 52.5. The number of alkyl halides is 2. The molecule has 692 valence electrons. The quantitative estimate of drug-likeness (QED) is 0.0839. The van der Waals surface area contributed by atoms with Crippen molar-refractivity contribution >= 4 is 31.9 Å². The van der Waals surface area contributed by atoms with Gasteiger partial charge in [-0.1, -0.05) is 122 Å². The maximum absolute atomic E-state index is 10.9. The number of ether oxygens (including phenoxy) is 2. The first kappa shape index (κ1) is 94.5. The molecule has 0 bridgehead atoms. The number of rotatable bonds is 12. The van der Waals surface area contributed by atoms with Crippen molar-refractivity contribution in [3.8, 4) is 0 Å².